The summed E-state index contributed by atoms with van der Waals surface area (Å²) in [5.74, 6) is -1.54. The molecule has 8 heteroatoms. The van der Waals surface area contributed by atoms with Gasteiger partial charge in [-0.15, -0.1) is 0 Å². The molecule has 1 aliphatic rings. The van der Waals surface area contributed by atoms with Crippen LogP contribution >= 0.6 is 11.6 Å². The first-order chi connectivity index (χ1) is 11.3. The number of carbonyl (C=O) groups excluding carboxylic acids is 2. The van der Waals surface area contributed by atoms with E-state index in [4.69, 9.17) is 16.3 Å². The Balaban J connectivity index is 1.92. The maximum Gasteiger partial charge on any atom is 0.416 e. The van der Waals surface area contributed by atoms with Gasteiger partial charge in [-0.05, 0) is 37.5 Å². The van der Waals surface area contributed by atoms with Gasteiger partial charge in [-0.25, -0.2) is 0 Å². The fourth-order valence-corrected chi connectivity index (χ4v) is 2.41. The second kappa shape index (κ2) is 7.70. The molecule has 1 aromatic rings. The summed E-state index contributed by atoms with van der Waals surface area (Å²) in [6, 6.07) is 2.59. The van der Waals surface area contributed by atoms with E-state index in [-0.39, 0.29) is 16.6 Å². The van der Waals surface area contributed by atoms with E-state index < -0.39 is 30.2 Å². The van der Waals surface area contributed by atoms with Gasteiger partial charge in [0.05, 0.1) is 22.2 Å². The Hall–Kier alpha value is -2.02. The van der Waals surface area contributed by atoms with Crippen molar-refractivity contribution in [1.29, 1.82) is 0 Å². The van der Waals surface area contributed by atoms with Crippen LogP contribution in [0, 0.1) is 5.92 Å². The van der Waals surface area contributed by atoms with Crippen LogP contribution in [-0.4, -0.2) is 18.5 Å². The molecule has 0 unspecified atom stereocenters. The highest BCUT2D eigenvalue weighted by Crippen LogP contribution is 2.33. The molecule has 1 amide bonds. The van der Waals surface area contributed by atoms with Crippen LogP contribution in [0.25, 0.3) is 0 Å². The van der Waals surface area contributed by atoms with Gasteiger partial charge in [-0.1, -0.05) is 23.8 Å². The SMILES string of the molecule is O=C(COC(=O)[C@@H]1CC=CCC1)Nc1cc(C(F)(F)F)ccc1Cl. The average Bonchev–Trinajstić information content (AvgIpc) is 2.54. The maximum atomic E-state index is 12.7. The highest BCUT2D eigenvalue weighted by atomic mass is 35.5. The minimum absolute atomic E-state index is 0.0416. The fourth-order valence-electron chi connectivity index (χ4n) is 2.25. The number of alkyl halides is 3. The lowest BCUT2D eigenvalue weighted by Crippen LogP contribution is -2.25. The smallest absolute Gasteiger partial charge is 0.416 e. The van der Waals surface area contributed by atoms with E-state index in [2.05, 4.69) is 5.32 Å². The third-order valence-corrected chi connectivity index (χ3v) is 3.85. The Bertz CT molecular complexity index is 658. The minimum atomic E-state index is -4.55. The summed E-state index contributed by atoms with van der Waals surface area (Å²) in [6.45, 7) is -0.578. The molecule has 130 valence electrons. The third kappa shape index (κ3) is 4.99. The lowest BCUT2D eigenvalue weighted by atomic mass is 9.95. The monoisotopic (exact) mass is 361 g/mol. The molecule has 0 aliphatic heterocycles. The molecule has 0 spiro atoms. The van der Waals surface area contributed by atoms with E-state index >= 15 is 0 Å². The molecule has 4 nitrogen and oxygen atoms in total. The lowest BCUT2D eigenvalue weighted by Gasteiger charge is -2.16. The Kier molecular flexibility index (Phi) is 5.88. The first kappa shape index (κ1) is 18.3. The number of ether oxygens (including phenoxy) is 1. The van der Waals surface area contributed by atoms with Crippen molar-refractivity contribution in [2.45, 2.75) is 25.4 Å². The molecule has 1 aromatic carbocycles. The number of benzene rings is 1. The highest BCUT2D eigenvalue weighted by molar-refractivity contribution is 6.33. The molecule has 0 saturated carbocycles. The van der Waals surface area contributed by atoms with Crippen molar-refractivity contribution in [2.24, 2.45) is 5.92 Å². The largest absolute Gasteiger partial charge is 0.455 e. The molecule has 1 N–H and O–H groups in total. The maximum absolute atomic E-state index is 12.7. The van der Waals surface area contributed by atoms with Crippen LogP contribution < -0.4 is 5.32 Å². The van der Waals surface area contributed by atoms with Gasteiger partial charge in [0.2, 0.25) is 0 Å². The van der Waals surface area contributed by atoms with Gasteiger partial charge >= 0.3 is 12.1 Å². The summed E-state index contributed by atoms with van der Waals surface area (Å²) < 4.78 is 42.9. The summed E-state index contributed by atoms with van der Waals surface area (Å²) in [7, 11) is 0. The number of esters is 1. The minimum Gasteiger partial charge on any atom is -0.455 e. The van der Waals surface area contributed by atoms with Gasteiger partial charge in [0.25, 0.3) is 5.91 Å². The van der Waals surface area contributed by atoms with E-state index in [1.807, 2.05) is 12.2 Å². The van der Waals surface area contributed by atoms with Gasteiger partial charge in [-0.2, -0.15) is 13.2 Å². The van der Waals surface area contributed by atoms with E-state index in [0.29, 0.717) is 12.8 Å². The first-order valence-electron chi connectivity index (χ1n) is 7.25. The number of allylic oxidation sites excluding steroid dienone is 2. The number of amides is 1. The van der Waals surface area contributed by atoms with E-state index in [1.165, 1.54) is 0 Å². The van der Waals surface area contributed by atoms with Crippen LogP contribution in [0.2, 0.25) is 5.02 Å². The first-order valence-corrected chi connectivity index (χ1v) is 7.63. The number of rotatable bonds is 4. The van der Waals surface area contributed by atoms with Gasteiger partial charge in [0.1, 0.15) is 0 Å². The molecule has 2 rings (SSSR count). The zero-order chi connectivity index (χ0) is 17.7. The number of hydrogen-bond donors (Lipinski definition) is 1. The number of carbonyl (C=O) groups is 2. The molecule has 0 aromatic heterocycles. The highest BCUT2D eigenvalue weighted by Gasteiger charge is 2.31. The quantitative estimate of drug-likeness (QED) is 0.646. The predicted octanol–water partition coefficient (Wildman–Crippen LogP) is 4.20. The molecule has 24 heavy (non-hydrogen) atoms. The van der Waals surface area contributed by atoms with Crippen molar-refractivity contribution in [3.8, 4) is 0 Å². The topological polar surface area (TPSA) is 55.4 Å². The molecule has 0 saturated heterocycles. The molecule has 0 bridgehead atoms. The van der Waals surface area contributed by atoms with Crippen LogP contribution in [0.3, 0.4) is 0 Å². The molecule has 1 atom stereocenters. The van der Waals surface area contributed by atoms with E-state index in [0.717, 1.165) is 24.6 Å². The number of hydrogen-bond acceptors (Lipinski definition) is 3. The second-order valence-electron chi connectivity index (χ2n) is 5.33. The zero-order valence-electron chi connectivity index (χ0n) is 12.5. The Labute approximate surface area is 141 Å². The molecule has 0 heterocycles. The fraction of sp³-hybridized carbons (Fsp3) is 0.375. The van der Waals surface area contributed by atoms with Gasteiger partial charge in [0.15, 0.2) is 6.61 Å². The molecule has 0 fully saturated rings. The van der Waals surface area contributed by atoms with Gasteiger partial charge < -0.3 is 10.1 Å². The van der Waals surface area contributed by atoms with Crippen molar-refractivity contribution in [1.82, 2.24) is 0 Å². The van der Waals surface area contributed by atoms with E-state index in [1.54, 1.807) is 0 Å². The molecule has 0 radical (unpaired) electrons. The number of anilines is 1. The van der Waals surface area contributed by atoms with Crippen LogP contribution in [-0.2, 0) is 20.5 Å². The lowest BCUT2D eigenvalue weighted by molar-refractivity contribution is -0.151. The van der Waals surface area contributed by atoms with E-state index in [9.17, 15) is 22.8 Å². The van der Waals surface area contributed by atoms with Crippen molar-refractivity contribution < 1.29 is 27.5 Å². The summed E-state index contributed by atoms with van der Waals surface area (Å²) in [5.41, 5.74) is -1.12. The second-order valence-corrected chi connectivity index (χ2v) is 5.74. The van der Waals surface area contributed by atoms with Crippen LogP contribution in [0.4, 0.5) is 18.9 Å². The Morgan fingerprint density at radius 3 is 2.67 bits per heavy atom. The van der Waals surface area contributed by atoms with Crippen LogP contribution in [0.5, 0.6) is 0 Å². The predicted molar refractivity (Wildman–Crippen MR) is 82.5 cm³/mol. The molecular formula is C16H15ClF3NO3. The zero-order valence-corrected chi connectivity index (χ0v) is 13.3. The molecule has 1 aliphatic carbocycles. The van der Waals surface area contributed by atoms with Crippen molar-refractivity contribution >= 4 is 29.2 Å². The Morgan fingerprint density at radius 1 is 1.29 bits per heavy atom. The summed E-state index contributed by atoms with van der Waals surface area (Å²) in [4.78, 5) is 23.6. The normalized spacial score (nSPS) is 17.4. The Morgan fingerprint density at radius 2 is 2.04 bits per heavy atom. The standard InChI is InChI=1S/C16H15ClF3NO3/c17-12-7-6-11(16(18,19)20)8-13(12)21-14(22)9-24-15(23)10-4-2-1-3-5-10/h1-2,6-8,10H,3-5,9H2,(H,21,22)/t10-/m1/s1. The van der Waals surface area contributed by atoms with Crippen molar-refractivity contribution in [3.63, 3.8) is 0 Å². The third-order valence-electron chi connectivity index (χ3n) is 3.52. The van der Waals surface area contributed by atoms with Gasteiger partial charge in [-0.3, -0.25) is 9.59 Å². The van der Waals surface area contributed by atoms with Crippen molar-refractivity contribution in [2.75, 3.05) is 11.9 Å². The van der Waals surface area contributed by atoms with Crippen LogP contribution in [0.15, 0.2) is 30.4 Å². The molecular weight excluding hydrogens is 347 g/mol. The average molecular weight is 362 g/mol. The van der Waals surface area contributed by atoms with Crippen LogP contribution in [0.1, 0.15) is 24.8 Å². The summed E-state index contributed by atoms with van der Waals surface area (Å²) in [5, 5.41) is 2.18. The summed E-state index contributed by atoms with van der Waals surface area (Å²) >= 11 is 5.78. The van der Waals surface area contributed by atoms with Gasteiger partial charge in [0, 0.05) is 0 Å². The number of halogens is 4. The summed E-state index contributed by atoms with van der Waals surface area (Å²) in [6.07, 6.45) is 1.26. The van der Waals surface area contributed by atoms with Crippen molar-refractivity contribution in [3.05, 3.63) is 40.9 Å². The number of nitrogens with one attached hydrogen (secondary N) is 1.